The highest BCUT2D eigenvalue weighted by Gasteiger charge is 2.20. The summed E-state index contributed by atoms with van der Waals surface area (Å²) in [6.07, 6.45) is 1.70. The Morgan fingerprint density at radius 2 is 1.88 bits per heavy atom. The topological polar surface area (TPSA) is 61.3 Å². The van der Waals surface area contributed by atoms with Gasteiger partial charge >= 0.3 is 5.97 Å². The predicted molar refractivity (Wildman–Crippen MR) is 92.7 cm³/mol. The molecule has 0 atom stereocenters. The van der Waals surface area contributed by atoms with Crippen LogP contribution in [0.2, 0.25) is 0 Å². The molecule has 24 heavy (non-hydrogen) atoms. The molecule has 0 bridgehead atoms. The molecule has 0 fully saturated rings. The van der Waals surface area contributed by atoms with Gasteiger partial charge in [0.2, 0.25) is 0 Å². The fourth-order valence-corrected chi connectivity index (χ4v) is 3.06. The van der Waals surface area contributed by atoms with Gasteiger partial charge in [0, 0.05) is 6.20 Å². The van der Waals surface area contributed by atoms with Gasteiger partial charge in [-0.05, 0) is 38.1 Å². The zero-order valence-electron chi connectivity index (χ0n) is 13.4. The lowest BCUT2D eigenvalue weighted by Gasteiger charge is -2.09. The molecule has 5 nitrogen and oxygen atoms in total. The Bertz CT molecular complexity index is 846. The molecule has 2 heterocycles. The molecule has 0 aliphatic rings. The van der Waals surface area contributed by atoms with Crippen molar-refractivity contribution in [2.24, 2.45) is 0 Å². The number of aryl methyl sites for hydroxylation is 1. The van der Waals surface area contributed by atoms with Crippen LogP contribution in [0.5, 0.6) is 11.5 Å². The van der Waals surface area contributed by atoms with Gasteiger partial charge in [-0.1, -0.05) is 18.2 Å². The number of para-hydroxylation sites is 2. The first kappa shape index (κ1) is 16.1. The van der Waals surface area contributed by atoms with Crippen molar-refractivity contribution in [2.45, 2.75) is 13.8 Å². The van der Waals surface area contributed by atoms with E-state index in [2.05, 4.69) is 9.97 Å². The normalized spacial score (nSPS) is 10.4. The summed E-state index contributed by atoms with van der Waals surface area (Å²) in [5, 5.41) is 0.693. The lowest BCUT2D eigenvalue weighted by Crippen LogP contribution is -2.09. The second-order valence-corrected chi connectivity index (χ2v) is 5.92. The van der Waals surface area contributed by atoms with Crippen molar-refractivity contribution in [3.05, 3.63) is 59.2 Å². The quantitative estimate of drug-likeness (QED) is 0.516. The van der Waals surface area contributed by atoms with Gasteiger partial charge in [0.25, 0.3) is 0 Å². The van der Waals surface area contributed by atoms with Crippen LogP contribution in [0.1, 0.15) is 22.3 Å². The van der Waals surface area contributed by atoms with E-state index in [4.69, 9.17) is 9.47 Å². The van der Waals surface area contributed by atoms with Crippen molar-refractivity contribution < 1.29 is 14.3 Å². The summed E-state index contributed by atoms with van der Waals surface area (Å²) < 4.78 is 11.0. The summed E-state index contributed by atoms with van der Waals surface area (Å²) in [4.78, 5) is 21.7. The highest BCUT2D eigenvalue weighted by atomic mass is 32.1. The second-order valence-electron chi connectivity index (χ2n) is 4.92. The van der Waals surface area contributed by atoms with Gasteiger partial charge in [-0.3, -0.25) is 4.98 Å². The van der Waals surface area contributed by atoms with Crippen LogP contribution in [0, 0.1) is 6.92 Å². The van der Waals surface area contributed by atoms with Crippen molar-refractivity contribution in [2.75, 3.05) is 6.61 Å². The molecule has 3 aromatic rings. The summed E-state index contributed by atoms with van der Waals surface area (Å²) >= 11 is 1.27. The maximum absolute atomic E-state index is 12.5. The fraction of sp³-hybridized carbons (Fsp3) is 0.167. The monoisotopic (exact) mass is 340 g/mol. The number of thiazole rings is 1. The number of benzene rings is 1. The van der Waals surface area contributed by atoms with Crippen LogP contribution in [0.15, 0.2) is 48.7 Å². The number of hydrogen-bond donors (Lipinski definition) is 0. The summed E-state index contributed by atoms with van der Waals surface area (Å²) in [6.45, 7) is 4.16. The van der Waals surface area contributed by atoms with Gasteiger partial charge in [0.1, 0.15) is 9.88 Å². The zero-order chi connectivity index (χ0) is 16.9. The molecule has 122 valence electrons. The largest absolute Gasteiger partial charge is 0.490 e. The van der Waals surface area contributed by atoms with Gasteiger partial charge in [-0.2, -0.15) is 0 Å². The third kappa shape index (κ3) is 3.44. The molecule has 2 aromatic heterocycles. The molecule has 0 aliphatic carbocycles. The maximum atomic E-state index is 12.5. The standard InChI is InChI=1S/C18H16N2O3S/c1-3-22-14-9-4-5-10-15(14)23-18(21)16-12(2)20-17(24-16)13-8-6-7-11-19-13/h4-11H,3H2,1-2H3. The summed E-state index contributed by atoms with van der Waals surface area (Å²) in [5.74, 6) is 0.497. The third-order valence-electron chi connectivity index (χ3n) is 3.22. The number of aromatic nitrogens is 2. The molecule has 6 heteroatoms. The predicted octanol–water partition coefficient (Wildman–Crippen LogP) is 4.13. The minimum absolute atomic E-state index is 0.400. The average molecular weight is 340 g/mol. The number of esters is 1. The van der Waals surface area contributed by atoms with Gasteiger partial charge in [0.15, 0.2) is 11.5 Å². The first-order valence-electron chi connectivity index (χ1n) is 7.52. The van der Waals surface area contributed by atoms with E-state index in [0.717, 1.165) is 5.69 Å². The second kappa shape index (κ2) is 7.23. The van der Waals surface area contributed by atoms with Crippen LogP contribution < -0.4 is 9.47 Å². The number of ether oxygens (including phenoxy) is 2. The molecule has 0 saturated heterocycles. The molecule has 0 aliphatic heterocycles. The number of nitrogens with zero attached hydrogens (tertiary/aromatic N) is 2. The SMILES string of the molecule is CCOc1ccccc1OC(=O)c1sc(-c2ccccn2)nc1C. The van der Waals surface area contributed by atoms with E-state index in [1.54, 1.807) is 31.3 Å². The van der Waals surface area contributed by atoms with Gasteiger partial charge < -0.3 is 9.47 Å². The first-order chi connectivity index (χ1) is 11.7. The Balaban J connectivity index is 1.85. The summed E-state index contributed by atoms with van der Waals surface area (Å²) in [6, 6.07) is 12.7. The Labute approximate surface area is 143 Å². The van der Waals surface area contributed by atoms with Gasteiger partial charge in [-0.15, -0.1) is 11.3 Å². The number of hydrogen-bond acceptors (Lipinski definition) is 6. The van der Waals surface area contributed by atoms with Crippen LogP contribution >= 0.6 is 11.3 Å². The Morgan fingerprint density at radius 1 is 1.12 bits per heavy atom. The Kier molecular flexibility index (Phi) is 4.86. The van der Waals surface area contributed by atoms with E-state index in [1.807, 2.05) is 31.2 Å². The van der Waals surface area contributed by atoms with Crippen molar-refractivity contribution in [3.63, 3.8) is 0 Å². The average Bonchev–Trinajstić information content (AvgIpc) is 3.00. The van der Waals surface area contributed by atoms with Crippen LogP contribution in [0.25, 0.3) is 10.7 Å². The molecular formula is C18H16N2O3S. The Morgan fingerprint density at radius 3 is 2.58 bits per heavy atom. The summed E-state index contributed by atoms with van der Waals surface area (Å²) in [5.41, 5.74) is 1.36. The molecule has 1 aromatic carbocycles. The highest BCUT2D eigenvalue weighted by molar-refractivity contribution is 7.17. The van der Waals surface area contributed by atoms with Crippen molar-refractivity contribution in [1.82, 2.24) is 9.97 Å². The fourth-order valence-electron chi connectivity index (χ4n) is 2.14. The maximum Gasteiger partial charge on any atom is 0.355 e. The highest BCUT2D eigenvalue weighted by Crippen LogP contribution is 2.30. The number of carbonyl (C=O) groups excluding carboxylic acids is 1. The van der Waals surface area contributed by atoms with Crippen LogP contribution in [-0.4, -0.2) is 22.5 Å². The van der Waals surface area contributed by atoms with Crippen LogP contribution in [0.3, 0.4) is 0 Å². The van der Waals surface area contributed by atoms with E-state index in [9.17, 15) is 4.79 Å². The number of rotatable bonds is 5. The zero-order valence-corrected chi connectivity index (χ0v) is 14.2. The molecule has 0 amide bonds. The van der Waals surface area contributed by atoms with Crippen LogP contribution in [-0.2, 0) is 0 Å². The minimum atomic E-state index is -0.445. The molecule has 0 saturated carbocycles. The van der Waals surface area contributed by atoms with E-state index in [1.165, 1.54) is 11.3 Å². The van der Waals surface area contributed by atoms with Crippen molar-refractivity contribution in [3.8, 4) is 22.2 Å². The molecule has 0 radical (unpaired) electrons. The van der Waals surface area contributed by atoms with E-state index < -0.39 is 5.97 Å². The van der Waals surface area contributed by atoms with Gasteiger partial charge in [-0.25, -0.2) is 9.78 Å². The lowest BCUT2D eigenvalue weighted by atomic mass is 10.3. The summed E-state index contributed by atoms with van der Waals surface area (Å²) in [7, 11) is 0. The van der Waals surface area contributed by atoms with Crippen LogP contribution in [0.4, 0.5) is 0 Å². The molecule has 0 unspecified atom stereocenters. The molecule has 0 N–H and O–H groups in total. The van der Waals surface area contributed by atoms with E-state index in [-0.39, 0.29) is 0 Å². The number of carbonyl (C=O) groups is 1. The number of pyridine rings is 1. The van der Waals surface area contributed by atoms with Gasteiger partial charge in [0.05, 0.1) is 18.0 Å². The Hall–Kier alpha value is -2.73. The smallest absolute Gasteiger partial charge is 0.355 e. The first-order valence-corrected chi connectivity index (χ1v) is 8.33. The third-order valence-corrected chi connectivity index (χ3v) is 4.38. The van der Waals surface area contributed by atoms with E-state index in [0.29, 0.717) is 33.7 Å². The molecule has 0 spiro atoms. The minimum Gasteiger partial charge on any atom is -0.490 e. The molecular weight excluding hydrogens is 324 g/mol. The van der Waals surface area contributed by atoms with Crippen molar-refractivity contribution >= 4 is 17.3 Å². The lowest BCUT2D eigenvalue weighted by molar-refractivity contribution is 0.0732. The molecule has 3 rings (SSSR count). The van der Waals surface area contributed by atoms with E-state index >= 15 is 0 Å². The van der Waals surface area contributed by atoms with Crippen molar-refractivity contribution in [1.29, 1.82) is 0 Å².